The first-order valence-corrected chi connectivity index (χ1v) is 6.44. The predicted octanol–water partition coefficient (Wildman–Crippen LogP) is 2.45. The highest BCUT2D eigenvalue weighted by atomic mass is 15.2. The fraction of sp³-hybridized carbons (Fsp3) is 1.00. The van der Waals surface area contributed by atoms with Gasteiger partial charge in [-0.2, -0.15) is 0 Å². The second kappa shape index (κ2) is 5.86. The lowest BCUT2D eigenvalue weighted by molar-refractivity contribution is 0.146. The normalized spacial score (nSPS) is 20.8. The molecule has 0 aromatic carbocycles. The molecule has 0 N–H and O–H groups in total. The van der Waals surface area contributed by atoms with Crippen LogP contribution < -0.4 is 0 Å². The Morgan fingerprint density at radius 3 is 2.20 bits per heavy atom. The Hall–Kier alpha value is -0.0800. The second-order valence-electron chi connectivity index (χ2n) is 5.77. The monoisotopic (exact) mass is 212 g/mol. The highest BCUT2D eigenvalue weighted by Gasteiger charge is 2.17. The summed E-state index contributed by atoms with van der Waals surface area (Å²) in [6.07, 6.45) is 4.04. The van der Waals surface area contributed by atoms with Crippen LogP contribution in [0.4, 0.5) is 0 Å². The number of piperazine rings is 1. The molecule has 1 rings (SSSR count). The Labute approximate surface area is 95.6 Å². The SMILES string of the molecule is CCC(C)(C)CCCN1CCN(C)CC1. The molecule has 2 heteroatoms. The minimum Gasteiger partial charge on any atom is -0.304 e. The Balaban J connectivity index is 2.10. The van der Waals surface area contributed by atoms with Gasteiger partial charge >= 0.3 is 0 Å². The van der Waals surface area contributed by atoms with Crippen molar-refractivity contribution in [3.63, 3.8) is 0 Å². The molecule has 0 atom stereocenters. The zero-order valence-corrected chi connectivity index (χ0v) is 11.1. The molecule has 0 spiro atoms. The maximum Gasteiger partial charge on any atom is 0.0110 e. The lowest BCUT2D eigenvalue weighted by Crippen LogP contribution is -2.44. The van der Waals surface area contributed by atoms with Gasteiger partial charge in [-0.05, 0) is 31.8 Å². The van der Waals surface area contributed by atoms with Crippen LogP contribution in [0.5, 0.6) is 0 Å². The van der Waals surface area contributed by atoms with Crippen molar-refractivity contribution in [2.45, 2.75) is 40.0 Å². The van der Waals surface area contributed by atoms with Crippen LogP contribution in [-0.4, -0.2) is 49.6 Å². The zero-order valence-electron chi connectivity index (χ0n) is 11.1. The minimum absolute atomic E-state index is 0.548. The molecule has 2 nitrogen and oxygen atoms in total. The molecule has 0 unspecified atom stereocenters. The Morgan fingerprint density at radius 2 is 1.67 bits per heavy atom. The molecule has 0 aromatic rings. The molecule has 15 heavy (non-hydrogen) atoms. The van der Waals surface area contributed by atoms with E-state index in [9.17, 15) is 0 Å². The summed E-state index contributed by atoms with van der Waals surface area (Å²) >= 11 is 0. The van der Waals surface area contributed by atoms with Gasteiger partial charge in [0.1, 0.15) is 0 Å². The van der Waals surface area contributed by atoms with Gasteiger partial charge in [0, 0.05) is 26.2 Å². The van der Waals surface area contributed by atoms with Gasteiger partial charge in [-0.1, -0.05) is 27.2 Å². The first-order valence-electron chi connectivity index (χ1n) is 6.44. The lowest BCUT2D eigenvalue weighted by atomic mass is 9.85. The van der Waals surface area contributed by atoms with Gasteiger partial charge in [-0.15, -0.1) is 0 Å². The van der Waals surface area contributed by atoms with Gasteiger partial charge in [-0.25, -0.2) is 0 Å². The van der Waals surface area contributed by atoms with Crippen LogP contribution in [0.2, 0.25) is 0 Å². The fourth-order valence-corrected chi connectivity index (χ4v) is 2.03. The molecular weight excluding hydrogens is 184 g/mol. The molecule has 0 radical (unpaired) electrons. The topological polar surface area (TPSA) is 6.48 Å². The summed E-state index contributed by atoms with van der Waals surface area (Å²) in [6.45, 7) is 13.4. The van der Waals surface area contributed by atoms with Crippen LogP contribution in [-0.2, 0) is 0 Å². The summed E-state index contributed by atoms with van der Waals surface area (Å²) < 4.78 is 0. The van der Waals surface area contributed by atoms with Gasteiger partial charge in [-0.3, -0.25) is 0 Å². The average Bonchev–Trinajstić information content (AvgIpc) is 2.21. The van der Waals surface area contributed by atoms with E-state index >= 15 is 0 Å². The molecule has 1 aliphatic heterocycles. The van der Waals surface area contributed by atoms with E-state index in [4.69, 9.17) is 0 Å². The number of rotatable bonds is 5. The highest BCUT2D eigenvalue weighted by Crippen LogP contribution is 2.26. The van der Waals surface area contributed by atoms with Gasteiger partial charge in [0.05, 0.1) is 0 Å². The van der Waals surface area contributed by atoms with Crippen molar-refractivity contribution in [3.05, 3.63) is 0 Å². The van der Waals surface area contributed by atoms with E-state index in [2.05, 4.69) is 37.6 Å². The number of nitrogens with zero attached hydrogens (tertiary/aromatic N) is 2. The Bertz CT molecular complexity index is 169. The smallest absolute Gasteiger partial charge is 0.0110 e. The van der Waals surface area contributed by atoms with Crippen molar-refractivity contribution >= 4 is 0 Å². The summed E-state index contributed by atoms with van der Waals surface area (Å²) in [5, 5.41) is 0. The average molecular weight is 212 g/mol. The minimum atomic E-state index is 0.548. The third-order valence-electron chi connectivity index (χ3n) is 3.88. The zero-order chi connectivity index (χ0) is 11.3. The molecule has 1 fully saturated rings. The predicted molar refractivity (Wildman–Crippen MR) is 67.2 cm³/mol. The lowest BCUT2D eigenvalue weighted by Gasteiger charge is -2.33. The molecule has 0 aliphatic carbocycles. The summed E-state index contributed by atoms with van der Waals surface area (Å²) in [6, 6.07) is 0. The van der Waals surface area contributed by atoms with Crippen LogP contribution in [0.15, 0.2) is 0 Å². The quantitative estimate of drug-likeness (QED) is 0.691. The molecule has 0 bridgehead atoms. The number of hydrogen-bond donors (Lipinski definition) is 0. The standard InChI is InChI=1S/C13H28N2/c1-5-13(2,3)7-6-8-15-11-9-14(4)10-12-15/h5-12H2,1-4H3. The molecule has 0 saturated carbocycles. The molecule has 90 valence electrons. The molecule has 1 saturated heterocycles. The molecular formula is C13H28N2. The molecule has 0 amide bonds. The fourth-order valence-electron chi connectivity index (χ4n) is 2.03. The van der Waals surface area contributed by atoms with Crippen LogP contribution >= 0.6 is 0 Å². The van der Waals surface area contributed by atoms with E-state index < -0.39 is 0 Å². The van der Waals surface area contributed by atoms with E-state index in [0.717, 1.165) is 0 Å². The second-order valence-corrected chi connectivity index (χ2v) is 5.77. The van der Waals surface area contributed by atoms with Gasteiger partial charge in [0.15, 0.2) is 0 Å². The largest absolute Gasteiger partial charge is 0.304 e. The van der Waals surface area contributed by atoms with E-state index in [-0.39, 0.29) is 0 Å². The van der Waals surface area contributed by atoms with Crippen LogP contribution in [0, 0.1) is 5.41 Å². The summed E-state index contributed by atoms with van der Waals surface area (Å²) in [7, 11) is 2.22. The summed E-state index contributed by atoms with van der Waals surface area (Å²) in [5.41, 5.74) is 0.548. The van der Waals surface area contributed by atoms with E-state index in [1.165, 1.54) is 52.0 Å². The first kappa shape index (κ1) is 13.0. The Morgan fingerprint density at radius 1 is 1.07 bits per heavy atom. The van der Waals surface area contributed by atoms with E-state index in [1.54, 1.807) is 0 Å². The third-order valence-corrected chi connectivity index (χ3v) is 3.88. The van der Waals surface area contributed by atoms with Crippen LogP contribution in [0.3, 0.4) is 0 Å². The van der Waals surface area contributed by atoms with Crippen LogP contribution in [0.25, 0.3) is 0 Å². The summed E-state index contributed by atoms with van der Waals surface area (Å²) in [5.74, 6) is 0. The van der Waals surface area contributed by atoms with Crippen molar-refractivity contribution < 1.29 is 0 Å². The van der Waals surface area contributed by atoms with Crippen molar-refractivity contribution in [3.8, 4) is 0 Å². The number of likely N-dealkylation sites (N-methyl/N-ethyl adjacent to an activating group) is 1. The first-order chi connectivity index (χ1) is 7.03. The maximum atomic E-state index is 2.62. The summed E-state index contributed by atoms with van der Waals surface area (Å²) in [4.78, 5) is 5.04. The van der Waals surface area contributed by atoms with Crippen molar-refractivity contribution in [1.82, 2.24) is 9.80 Å². The highest BCUT2D eigenvalue weighted by molar-refractivity contribution is 4.71. The van der Waals surface area contributed by atoms with Crippen molar-refractivity contribution in [2.75, 3.05) is 39.8 Å². The molecule has 0 aromatic heterocycles. The van der Waals surface area contributed by atoms with Gasteiger partial charge in [0.25, 0.3) is 0 Å². The van der Waals surface area contributed by atoms with Gasteiger partial charge in [0.2, 0.25) is 0 Å². The maximum absolute atomic E-state index is 2.62. The molecule has 1 heterocycles. The van der Waals surface area contributed by atoms with E-state index in [1.807, 2.05) is 0 Å². The number of hydrogen-bond acceptors (Lipinski definition) is 2. The van der Waals surface area contributed by atoms with Crippen molar-refractivity contribution in [1.29, 1.82) is 0 Å². The third kappa shape index (κ3) is 4.98. The van der Waals surface area contributed by atoms with Crippen molar-refractivity contribution in [2.24, 2.45) is 5.41 Å². The van der Waals surface area contributed by atoms with Gasteiger partial charge < -0.3 is 9.80 Å². The van der Waals surface area contributed by atoms with Crippen LogP contribution in [0.1, 0.15) is 40.0 Å². The molecule has 1 aliphatic rings. The van der Waals surface area contributed by atoms with E-state index in [0.29, 0.717) is 5.41 Å². The Kier molecular flexibility index (Phi) is 5.07.